The van der Waals surface area contributed by atoms with E-state index in [1.54, 1.807) is 0 Å². The average molecular weight is 166 g/mol. The number of methoxy groups -OCH3 is 1. The van der Waals surface area contributed by atoms with Crippen LogP contribution < -0.4 is 0 Å². The van der Waals surface area contributed by atoms with Gasteiger partial charge in [0.25, 0.3) is 0 Å². The molecule has 2 nitrogen and oxygen atoms in total. The summed E-state index contributed by atoms with van der Waals surface area (Å²) >= 11 is 0. The molecular weight excluding hydrogens is 152 g/mol. The van der Waals surface area contributed by atoms with Crippen molar-refractivity contribution in [1.82, 2.24) is 0 Å². The Morgan fingerprint density at radius 3 is 2.92 bits per heavy atom. The Balaban J connectivity index is 2.62. The van der Waals surface area contributed by atoms with Gasteiger partial charge in [0.2, 0.25) is 0 Å². The van der Waals surface area contributed by atoms with Crippen LogP contribution in [0.2, 0.25) is 0 Å². The van der Waals surface area contributed by atoms with Crippen molar-refractivity contribution in [1.29, 1.82) is 0 Å². The molecule has 0 saturated heterocycles. The predicted octanol–water partition coefficient (Wildman–Crippen LogP) is 2.07. The second-order valence-electron chi connectivity index (χ2n) is 2.95. The summed E-state index contributed by atoms with van der Waals surface area (Å²) in [6, 6.07) is 0. The van der Waals surface area contributed by atoms with E-state index < -0.39 is 0 Å². The first kappa shape index (κ1) is 9.04. The quantitative estimate of drug-likeness (QED) is 0.587. The van der Waals surface area contributed by atoms with Crippen LogP contribution in [-0.4, -0.2) is 13.1 Å². The second kappa shape index (κ2) is 4.10. The fourth-order valence-electron chi connectivity index (χ4n) is 1.31. The number of hydrogen-bond donors (Lipinski definition) is 0. The highest BCUT2D eigenvalue weighted by molar-refractivity contribution is 5.75. The molecule has 0 N–H and O–H groups in total. The van der Waals surface area contributed by atoms with Crippen LogP contribution in [-0.2, 0) is 9.53 Å². The van der Waals surface area contributed by atoms with Gasteiger partial charge < -0.3 is 4.74 Å². The summed E-state index contributed by atoms with van der Waals surface area (Å²) in [5.41, 5.74) is 1.17. The molecule has 0 spiro atoms. The zero-order valence-corrected chi connectivity index (χ0v) is 7.54. The van der Waals surface area contributed by atoms with E-state index >= 15 is 0 Å². The van der Waals surface area contributed by atoms with Crippen LogP contribution in [0.3, 0.4) is 0 Å². The number of hydrogen-bond acceptors (Lipinski definition) is 2. The highest BCUT2D eigenvalue weighted by Crippen LogP contribution is 2.21. The van der Waals surface area contributed by atoms with E-state index in [-0.39, 0.29) is 11.9 Å². The highest BCUT2D eigenvalue weighted by Gasteiger charge is 2.17. The van der Waals surface area contributed by atoms with Crippen LogP contribution >= 0.6 is 0 Å². The summed E-state index contributed by atoms with van der Waals surface area (Å²) in [7, 11) is 1.43. The first-order valence-electron chi connectivity index (χ1n) is 4.19. The van der Waals surface area contributed by atoms with Gasteiger partial charge in [0, 0.05) is 0 Å². The first-order chi connectivity index (χ1) is 5.75. The minimum absolute atomic E-state index is 0.0834. The van der Waals surface area contributed by atoms with Gasteiger partial charge in [-0.15, -0.1) is 0 Å². The zero-order chi connectivity index (χ0) is 8.97. The first-order valence-corrected chi connectivity index (χ1v) is 4.19. The summed E-state index contributed by atoms with van der Waals surface area (Å²) < 4.78 is 4.66. The minimum Gasteiger partial charge on any atom is -0.469 e. The van der Waals surface area contributed by atoms with Crippen LogP contribution in [0.25, 0.3) is 0 Å². The van der Waals surface area contributed by atoms with Crippen LogP contribution in [0.1, 0.15) is 19.8 Å². The number of allylic oxidation sites excluding steroid dienone is 3. The lowest BCUT2D eigenvalue weighted by atomic mass is 9.94. The van der Waals surface area contributed by atoms with Gasteiger partial charge >= 0.3 is 5.97 Å². The zero-order valence-electron chi connectivity index (χ0n) is 7.54. The molecule has 1 atom stereocenters. The van der Waals surface area contributed by atoms with E-state index in [1.807, 2.05) is 19.1 Å². The highest BCUT2D eigenvalue weighted by atomic mass is 16.5. The minimum atomic E-state index is -0.142. The molecule has 1 aliphatic carbocycles. The molecule has 1 aliphatic rings. The number of esters is 1. The molecule has 0 heterocycles. The van der Waals surface area contributed by atoms with Crippen molar-refractivity contribution in [3.05, 3.63) is 23.8 Å². The van der Waals surface area contributed by atoms with Crippen molar-refractivity contribution in [3.8, 4) is 0 Å². The Morgan fingerprint density at radius 1 is 1.67 bits per heavy atom. The topological polar surface area (TPSA) is 26.3 Å². The van der Waals surface area contributed by atoms with Gasteiger partial charge in [-0.25, -0.2) is 0 Å². The van der Waals surface area contributed by atoms with E-state index in [0.717, 1.165) is 12.8 Å². The van der Waals surface area contributed by atoms with Gasteiger partial charge in [-0.1, -0.05) is 23.8 Å². The van der Waals surface area contributed by atoms with Crippen molar-refractivity contribution in [3.63, 3.8) is 0 Å². The fourth-order valence-corrected chi connectivity index (χ4v) is 1.31. The monoisotopic (exact) mass is 166 g/mol. The lowest BCUT2D eigenvalue weighted by Gasteiger charge is -2.14. The van der Waals surface area contributed by atoms with Gasteiger partial charge in [-0.3, -0.25) is 4.79 Å². The average Bonchev–Trinajstić information content (AvgIpc) is 2.17. The molecule has 0 aliphatic heterocycles. The molecule has 0 bridgehead atoms. The third-order valence-electron chi connectivity index (χ3n) is 2.16. The Kier molecular flexibility index (Phi) is 3.09. The second-order valence-corrected chi connectivity index (χ2v) is 2.95. The summed E-state index contributed by atoms with van der Waals surface area (Å²) in [5.74, 6) is -0.225. The van der Waals surface area contributed by atoms with E-state index in [1.165, 1.54) is 12.7 Å². The van der Waals surface area contributed by atoms with Crippen LogP contribution in [0.5, 0.6) is 0 Å². The molecule has 66 valence electrons. The lowest BCUT2D eigenvalue weighted by molar-refractivity contribution is -0.143. The molecular formula is C10H14O2. The van der Waals surface area contributed by atoms with Gasteiger partial charge in [0.1, 0.15) is 0 Å². The molecule has 0 saturated carbocycles. The Hall–Kier alpha value is -1.05. The maximum atomic E-state index is 11.1. The molecule has 0 aromatic carbocycles. The van der Waals surface area contributed by atoms with E-state index in [9.17, 15) is 4.79 Å². The normalized spacial score (nSPS) is 18.3. The molecule has 1 rings (SSSR count). The molecule has 0 fully saturated rings. The number of rotatable bonds is 2. The van der Waals surface area contributed by atoms with Gasteiger partial charge in [-0.2, -0.15) is 0 Å². The Labute approximate surface area is 72.9 Å². The summed E-state index contributed by atoms with van der Waals surface area (Å²) in [4.78, 5) is 11.1. The van der Waals surface area contributed by atoms with Crippen LogP contribution in [0.4, 0.5) is 0 Å². The molecule has 0 aromatic heterocycles. The molecule has 0 amide bonds. The molecule has 2 heteroatoms. The SMILES string of the molecule is COC(=O)C(C)C1=CC=CCC1. The number of carbonyl (C=O) groups excluding carboxylic acids is 1. The molecule has 1 unspecified atom stereocenters. The van der Waals surface area contributed by atoms with Crippen molar-refractivity contribution in [2.24, 2.45) is 5.92 Å². The number of carbonyl (C=O) groups is 1. The Morgan fingerprint density at radius 2 is 2.42 bits per heavy atom. The molecule has 0 radical (unpaired) electrons. The van der Waals surface area contributed by atoms with E-state index in [4.69, 9.17) is 0 Å². The standard InChI is InChI=1S/C10H14O2/c1-8(10(11)12-2)9-6-4-3-5-7-9/h3-4,6,8H,5,7H2,1-2H3. The lowest BCUT2D eigenvalue weighted by Crippen LogP contribution is -2.15. The molecule has 0 aromatic rings. The van der Waals surface area contributed by atoms with Crippen molar-refractivity contribution < 1.29 is 9.53 Å². The predicted molar refractivity (Wildman–Crippen MR) is 47.6 cm³/mol. The number of ether oxygens (including phenoxy) is 1. The van der Waals surface area contributed by atoms with E-state index in [0.29, 0.717) is 0 Å². The maximum Gasteiger partial charge on any atom is 0.312 e. The summed E-state index contributed by atoms with van der Waals surface area (Å²) in [6.07, 6.45) is 8.12. The molecule has 12 heavy (non-hydrogen) atoms. The Bertz CT molecular complexity index is 226. The fraction of sp³-hybridized carbons (Fsp3) is 0.500. The van der Waals surface area contributed by atoms with Crippen molar-refractivity contribution in [2.75, 3.05) is 7.11 Å². The van der Waals surface area contributed by atoms with Crippen molar-refractivity contribution in [2.45, 2.75) is 19.8 Å². The van der Waals surface area contributed by atoms with Crippen LogP contribution in [0, 0.1) is 5.92 Å². The smallest absolute Gasteiger partial charge is 0.312 e. The van der Waals surface area contributed by atoms with E-state index in [2.05, 4.69) is 10.8 Å². The third kappa shape index (κ3) is 1.97. The van der Waals surface area contributed by atoms with Gasteiger partial charge in [0.05, 0.1) is 13.0 Å². The maximum absolute atomic E-state index is 11.1. The third-order valence-corrected chi connectivity index (χ3v) is 2.16. The summed E-state index contributed by atoms with van der Waals surface area (Å²) in [6.45, 7) is 1.89. The van der Waals surface area contributed by atoms with Gasteiger partial charge in [-0.05, 0) is 19.8 Å². The van der Waals surface area contributed by atoms with Crippen LogP contribution in [0.15, 0.2) is 23.8 Å². The summed E-state index contributed by atoms with van der Waals surface area (Å²) in [5, 5.41) is 0. The van der Waals surface area contributed by atoms with Gasteiger partial charge in [0.15, 0.2) is 0 Å². The largest absolute Gasteiger partial charge is 0.469 e. The van der Waals surface area contributed by atoms with Crippen molar-refractivity contribution >= 4 is 5.97 Å².